The fourth-order valence-corrected chi connectivity index (χ4v) is 3.35. The van der Waals surface area contributed by atoms with E-state index >= 15 is 0 Å². The SMILES string of the molecule is COCCN1CCO[C@H]2CN(Cc3ccncc3)C[C@H]2C1. The molecule has 3 heterocycles. The van der Waals surface area contributed by atoms with Gasteiger partial charge in [0.25, 0.3) is 0 Å². The molecule has 21 heavy (non-hydrogen) atoms. The quantitative estimate of drug-likeness (QED) is 0.804. The van der Waals surface area contributed by atoms with Crippen LogP contribution in [0, 0.1) is 5.92 Å². The lowest BCUT2D eigenvalue weighted by Gasteiger charge is -2.23. The molecule has 0 amide bonds. The Bertz CT molecular complexity index is 427. The Balaban J connectivity index is 1.54. The fourth-order valence-electron chi connectivity index (χ4n) is 3.35. The molecule has 2 aliphatic heterocycles. The van der Waals surface area contributed by atoms with Crippen LogP contribution in [-0.2, 0) is 16.0 Å². The van der Waals surface area contributed by atoms with Gasteiger partial charge in [0, 0.05) is 64.7 Å². The smallest absolute Gasteiger partial charge is 0.0755 e. The van der Waals surface area contributed by atoms with Crippen LogP contribution in [0.2, 0.25) is 0 Å². The van der Waals surface area contributed by atoms with Crippen molar-refractivity contribution in [2.45, 2.75) is 12.6 Å². The highest BCUT2D eigenvalue weighted by atomic mass is 16.5. The first-order chi connectivity index (χ1) is 10.3. The second-order valence-corrected chi connectivity index (χ2v) is 6.01. The number of hydrogen-bond donors (Lipinski definition) is 0. The minimum absolute atomic E-state index is 0.388. The van der Waals surface area contributed by atoms with Crippen LogP contribution in [-0.4, -0.2) is 73.9 Å². The fraction of sp³-hybridized carbons (Fsp3) is 0.688. The first-order valence-electron chi connectivity index (χ1n) is 7.79. The number of hydrogen-bond acceptors (Lipinski definition) is 5. The van der Waals surface area contributed by atoms with Gasteiger partial charge in [0.1, 0.15) is 0 Å². The zero-order chi connectivity index (χ0) is 14.5. The number of likely N-dealkylation sites (tertiary alicyclic amines) is 1. The maximum atomic E-state index is 6.07. The highest BCUT2D eigenvalue weighted by Gasteiger charge is 2.36. The minimum Gasteiger partial charge on any atom is -0.383 e. The van der Waals surface area contributed by atoms with Crippen LogP contribution in [0.3, 0.4) is 0 Å². The van der Waals surface area contributed by atoms with Gasteiger partial charge in [0.05, 0.1) is 19.3 Å². The molecule has 2 atom stereocenters. The number of pyridine rings is 1. The predicted octanol–water partition coefficient (Wildman–Crippen LogP) is 0.861. The Morgan fingerprint density at radius 3 is 2.86 bits per heavy atom. The Labute approximate surface area is 126 Å². The van der Waals surface area contributed by atoms with Gasteiger partial charge in [-0.1, -0.05) is 0 Å². The Kier molecular flexibility index (Phi) is 5.19. The van der Waals surface area contributed by atoms with E-state index in [0.29, 0.717) is 12.0 Å². The maximum Gasteiger partial charge on any atom is 0.0755 e. The normalized spacial score (nSPS) is 27.5. The molecule has 0 unspecified atom stereocenters. The van der Waals surface area contributed by atoms with Crippen molar-refractivity contribution in [2.75, 3.05) is 53.0 Å². The molecule has 1 aromatic heterocycles. The minimum atomic E-state index is 0.388. The standard InChI is InChI=1S/C16H25N3O2/c1-20-8-6-18-7-9-21-16-13-19(12-15(16)11-18)10-14-2-4-17-5-3-14/h2-5,15-16H,6-13H2,1H3/t15-,16+/m1/s1. The Morgan fingerprint density at radius 2 is 2.05 bits per heavy atom. The van der Waals surface area contributed by atoms with E-state index in [1.54, 1.807) is 7.11 Å². The number of aromatic nitrogens is 1. The molecular formula is C16H25N3O2. The molecule has 116 valence electrons. The van der Waals surface area contributed by atoms with Crippen LogP contribution >= 0.6 is 0 Å². The van der Waals surface area contributed by atoms with E-state index in [1.165, 1.54) is 5.56 Å². The van der Waals surface area contributed by atoms with Crippen LogP contribution in [0.1, 0.15) is 5.56 Å². The molecule has 2 saturated heterocycles. The monoisotopic (exact) mass is 291 g/mol. The summed E-state index contributed by atoms with van der Waals surface area (Å²) in [6.45, 7) is 7.97. The largest absolute Gasteiger partial charge is 0.383 e. The van der Waals surface area contributed by atoms with E-state index in [1.807, 2.05) is 12.4 Å². The van der Waals surface area contributed by atoms with Crippen molar-refractivity contribution in [3.63, 3.8) is 0 Å². The molecule has 0 spiro atoms. The molecule has 0 aromatic carbocycles. The third-order valence-corrected chi connectivity index (χ3v) is 4.46. The summed E-state index contributed by atoms with van der Waals surface area (Å²) in [4.78, 5) is 9.06. The summed E-state index contributed by atoms with van der Waals surface area (Å²) in [6, 6.07) is 4.19. The van der Waals surface area contributed by atoms with E-state index in [2.05, 4.69) is 26.9 Å². The zero-order valence-corrected chi connectivity index (χ0v) is 12.8. The van der Waals surface area contributed by atoms with Gasteiger partial charge in [-0.2, -0.15) is 0 Å². The van der Waals surface area contributed by atoms with E-state index in [9.17, 15) is 0 Å². The van der Waals surface area contributed by atoms with E-state index in [0.717, 1.165) is 52.5 Å². The lowest BCUT2D eigenvalue weighted by Crippen LogP contribution is -2.34. The third-order valence-electron chi connectivity index (χ3n) is 4.46. The molecule has 1 aromatic rings. The van der Waals surface area contributed by atoms with E-state index in [-0.39, 0.29) is 0 Å². The molecule has 5 nitrogen and oxygen atoms in total. The first kappa shape index (κ1) is 14.9. The van der Waals surface area contributed by atoms with Gasteiger partial charge in [-0.15, -0.1) is 0 Å². The molecule has 0 N–H and O–H groups in total. The summed E-state index contributed by atoms with van der Waals surface area (Å²) in [5.41, 5.74) is 1.33. The van der Waals surface area contributed by atoms with Gasteiger partial charge >= 0.3 is 0 Å². The van der Waals surface area contributed by atoms with Crippen molar-refractivity contribution >= 4 is 0 Å². The lowest BCUT2D eigenvalue weighted by atomic mass is 10.1. The summed E-state index contributed by atoms with van der Waals surface area (Å²) in [7, 11) is 1.77. The van der Waals surface area contributed by atoms with Gasteiger partial charge in [-0.25, -0.2) is 0 Å². The van der Waals surface area contributed by atoms with E-state index < -0.39 is 0 Å². The number of ether oxygens (including phenoxy) is 2. The van der Waals surface area contributed by atoms with Crippen LogP contribution in [0.25, 0.3) is 0 Å². The number of fused-ring (bicyclic) bond motifs is 1. The molecule has 3 rings (SSSR count). The van der Waals surface area contributed by atoms with Crippen LogP contribution in [0.4, 0.5) is 0 Å². The molecule has 2 fully saturated rings. The van der Waals surface area contributed by atoms with Crippen molar-refractivity contribution in [1.82, 2.24) is 14.8 Å². The molecule has 0 bridgehead atoms. The number of rotatable bonds is 5. The van der Waals surface area contributed by atoms with Crippen molar-refractivity contribution in [3.05, 3.63) is 30.1 Å². The summed E-state index contributed by atoms with van der Waals surface area (Å²) >= 11 is 0. The lowest BCUT2D eigenvalue weighted by molar-refractivity contribution is 0.0507. The maximum absolute atomic E-state index is 6.07. The number of nitrogens with zero attached hydrogens (tertiary/aromatic N) is 3. The molecule has 0 saturated carbocycles. The first-order valence-corrected chi connectivity index (χ1v) is 7.79. The average Bonchev–Trinajstić information content (AvgIpc) is 2.77. The van der Waals surface area contributed by atoms with E-state index in [4.69, 9.17) is 9.47 Å². The second-order valence-electron chi connectivity index (χ2n) is 6.01. The highest BCUT2D eigenvalue weighted by molar-refractivity contribution is 5.10. The van der Waals surface area contributed by atoms with Crippen LogP contribution in [0.5, 0.6) is 0 Å². The third kappa shape index (κ3) is 4.01. The zero-order valence-electron chi connectivity index (χ0n) is 12.8. The second kappa shape index (κ2) is 7.31. The average molecular weight is 291 g/mol. The van der Waals surface area contributed by atoms with Crippen LogP contribution in [0.15, 0.2) is 24.5 Å². The topological polar surface area (TPSA) is 37.8 Å². The molecule has 0 radical (unpaired) electrons. The number of methoxy groups -OCH3 is 1. The summed E-state index contributed by atoms with van der Waals surface area (Å²) in [5, 5.41) is 0. The van der Waals surface area contributed by atoms with Crippen molar-refractivity contribution in [3.8, 4) is 0 Å². The molecule has 2 aliphatic rings. The Morgan fingerprint density at radius 1 is 1.24 bits per heavy atom. The van der Waals surface area contributed by atoms with Gasteiger partial charge in [-0.3, -0.25) is 14.8 Å². The summed E-state index contributed by atoms with van der Waals surface area (Å²) in [5.74, 6) is 0.617. The highest BCUT2D eigenvalue weighted by Crippen LogP contribution is 2.24. The Hall–Kier alpha value is -1.01. The summed E-state index contributed by atoms with van der Waals surface area (Å²) in [6.07, 6.45) is 4.12. The molecule has 5 heteroatoms. The van der Waals surface area contributed by atoms with Crippen LogP contribution < -0.4 is 0 Å². The predicted molar refractivity (Wildman–Crippen MR) is 81.1 cm³/mol. The van der Waals surface area contributed by atoms with Gasteiger partial charge in [-0.05, 0) is 17.7 Å². The summed E-state index contributed by atoms with van der Waals surface area (Å²) < 4.78 is 11.3. The molecule has 0 aliphatic carbocycles. The van der Waals surface area contributed by atoms with Gasteiger partial charge < -0.3 is 9.47 Å². The van der Waals surface area contributed by atoms with Crippen molar-refractivity contribution in [1.29, 1.82) is 0 Å². The van der Waals surface area contributed by atoms with Crippen molar-refractivity contribution in [2.24, 2.45) is 5.92 Å². The van der Waals surface area contributed by atoms with Gasteiger partial charge in [0.2, 0.25) is 0 Å². The van der Waals surface area contributed by atoms with Crippen molar-refractivity contribution < 1.29 is 9.47 Å². The van der Waals surface area contributed by atoms with Gasteiger partial charge in [0.15, 0.2) is 0 Å². The molecular weight excluding hydrogens is 266 g/mol.